The van der Waals surface area contributed by atoms with Crippen molar-refractivity contribution in [3.8, 4) is 11.4 Å². The van der Waals surface area contributed by atoms with E-state index in [1.807, 2.05) is 36.4 Å². The number of anilines is 3. The Morgan fingerprint density at radius 3 is 2.52 bits per heavy atom. The summed E-state index contributed by atoms with van der Waals surface area (Å²) in [5.74, 6) is 1.09. The number of unbranched alkanes of at least 4 members (excludes halogenated alkanes) is 5. The highest BCUT2D eigenvalue weighted by Gasteiger charge is 2.27. The molecular formula is C47H60N6O4S. The van der Waals surface area contributed by atoms with Crippen molar-refractivity contribution in [1.29, 1.82) is 0 Å². The summed E-state index contributed by atoms with van der Waals surface area (Å²) in [6, 6.07) is 17.6. The van der Waals surface area contributed by atoms with Gasteiger partial charge in [0.2, 0.25) is 5.91 Å². The number of rotatable bonds is 22. The van der Waals surface area contributed by atoms with Crippen LogP contribution in [0, 0.1) is 5.92 Å². The van der Waals surface area contributed by atoms with Gasteiger partial charge >= 0.3 is 0 Å². The molecule has 58 heavy (non-hydrogen) atoms. The zero-order chi connectivity index (χ0) is 40.5. The van der Waals surface area contributed by atoms with E-state index >= 15 is 0 Å². The van der Waals surface area contributed by atoms with Gasteiger partial charge in [0.25, 0.3) is 5.56 Å². The first-order chi connectivity index (χ1) is 28.4. The lowest BCUT2D eigenvalue weighted by molar-refractivity contribution is -0.121. The van der Waals surface area contributed by atoms with Crippen molar-refractivity contribution in [1.82, 2.24) is 19.8 Å². The summed E-state index contributed by atoms with van der Waals surface area (Å²) < 4.78 is 7.53. The molecule has 2 aromatic carbocycles. The topological polar surface area (TPSA) is 123 Å². The SMILES string of the molecule is CC/C=C\C/C=C\C/C=C\CCCCCCCC(=O)NCCCN1CC[C@H](CC(=O)c2cc3c(nc(N)c(=O)n3-c3ccc4c(c3)N(c3ccccc3)CCO4)s2)C1. The Bertz CT molecular complexity index is 2100. The number of nitrogen functional groups attached to an aromatic ring is 1. The fourth-order valence-corrected chi connectivity index (χ4v) is 8.75. The molecular weight excluding hydrogens is 745 g/mol. The van der Waals surface area contributed by atoms with Crippen molar-refractivity contribution in [3.63, 3.8) is 0 Å². The molecule has 10 nitrogen and oxygen atoms in total. The number of benzene rings is 2. The molecule has 1 amide bonds. The average Bonchev–Trinajstić information content (AvgIpc) is 3.88. The Balaban J connectivity index is 0.902. The van der Waals surface area contributed by atoms with Gasteiger partial charge in [-0.25, -0.2) is 4.98 Å². The van der Waals surface area contributed by atoms with Crippen LogP contribution in [0.15, 0.2) is 95.8 Å². The number of hydrogen-bond donors (Lipinski definition) is 2. The van der Waals surface area contributed by atoms with E-state index in [-0.39, 0.29) is 23.4 Å². The number of nitrogens with zero attached hydrogens (tertiary/aromatic N) is 4. The van der Waals surface area contributed by atoms with E-state index in [2.05, 4.69) is 75.6 Å². The van der Waals surface area contributed by atoms with Gasteiger partial charge in [-0.1, -0.05) is 80.8 Å². The third-order valence-electron chi connectivity index (χ3n) is 10.9. The van der Waals surface area contributed by atoms with E-state index in [9.17, 15) is 14.4 Å². The van der Waals surface area contributed by atoms with Gasteiger partial charge in [-0.3, -0.25) is 19.0 Å². The smallest absolute Gasteiger partial charge is 0.298 e. The maximum absolute atomic E-state index is 13.6. The minimum atomic E-state index is -0.421. The molecule has 2 aliphatic rings. The number of likely N-dealkylation sites (tertiary alicyclic amines) is 1. The number of allylic oxidation sites excluding steroid dienone is 6. The molecule has 6 rings (SSSR count). The van der Waals surface area contributed by atoms with Crippen LogP contribution in [0.1, 0.15) is 100 Å². The van der Waals surface area contributed by atoms with E-state index < -0.39 is 5.56 Å². The second kappa shape index (κ2) is 22.2. The van der Waals surface area contributed by atoms with Crippen molar-refractivity contribution in [2.45, 2.75) is 90.4 Å². The number of amides is 1. The van der Waals surface area contributed by atoms with Crippen molar-refractivity contribution < 1.29 is 14.3 Å². The van der Waals surface area contributed by atoms with Gasteiger partial charge in [0.1, 0.15) is 17.2 Å². The lowest BCUT2D eigenvalue weighted by Gasteiger charge is -2.31. The summed E-state index contributed by atoms with van der Waals surface area (Å²) in [6.07, 6.45) is 26.2. The molecule has 1 atom stereocenters. The van der Waals surface area contributed by atoms with Crippen LogP contribution in [0.25, 0.3) is 16.0 Å². The zero-order valence-corrected chi connectivity index (χ0v) is 34.9. The number of ketones is 1. The molecule has 0 bridgehead atoms. The van der Waals surface area contributed by atoms with Gasteiger partial charge in [0.05, 0.1) is 28.3 Å². The molecule has 1 saturated heterocycles. The molecule has 0 unspecified atom stereocenters. The number of thiophene rings is 1. The van der Waals surface area contributed by atoms with Gasteiger partial charge < -0.3 is 25.6 Å². The number of ether oxygens (including phenoxy) is 1. The maximum atomic E-state index is 13.6. The average molecular weight is 805 g/mol. The summed E-state index contributed by atoms with van der Waals surface area (Å²) in [4.78, 5) is 49.6. The standard InChI is InChI=1S/C47H60N6O4S/c1-2-3-4-5-6-7-8-9-10-11-12-13-14-15-19-23-44(55)49-27-20-28-51-29-26-36(35-51)32-41(54)43-34-40-46(58-43)50-45(48)47(56)53(40)38-24-25-42-39(33-38)52(30-31-57-42)37-21-17-16-18-22-37/h3-4,6-7,9-10,16-18,21-22,24-25,33-34,36H,2,5,8,11-15,19-20,23,26-32,35H2,1H3,(H2,48,50)(H,49,55)/b4-3-,7-6-,10-9-/t36-/m1/s1. The van der Waals surface area contributed by atoms with Gasteiger partial charge in [-0.05, 0) is 107 Å². The van der Waals surface area contributed by atoms with E-state index in [4.69, 9.17) is 10.5 Å². The highest BCUT2D eigenvalue weighted by Crippen LogP contribution is 2.39. The number of aromatic nitrogens is 2. The molecule has 11 heteroatoms. The Morgan fingerprint density at radius 1 is 0.914 bits per heavy atom. The Hall–Kier alpha value is -5.00. The third-order valence-corrected chi connectivity index (χ3v) is 11.9. The molecule has 2 aromatic heterocycles. The summed E-state index contributed by atoms with van der Waals surface area (Å²) in [6.45, 7) is 6.76. The van der Waals surface area contributed by atoms with Crippen LogP contribution in [0.3, 0.4) is 0 Å². The fourth-order valence-electron chi connectivity index (χ4n) is 7.78. The highest BCUT2D eigenvalue weighted by molar-refractivity contribution is 7.20. The third kappa shape index (κ3) is 12.0. The molecule has 0 spiro atoms. The van der Waals surface area contributed by atoms with E-state index in [0.29, 0.717) is 53.4 Å². The van der Waals surface area contributed by atoms with Crippen LogP contribution in [0.4, 0.5) is 17.2 Å². The number of nitrogens with one attached hydrogen (secondary N) is 1. The zero-order valence-electron chi connectivity index (χ0n) is 34.1. The first kappa shape index (κ1) is 42.6. The van der Waals surface area contributed by atoms with Crippen molar-refractivity contribution in [2.24, 2.45) is 5.92 Å². The van der Waals surface area contributed by atoms with Crippen LogP contribution in [-0.2, 0) is 4.79 Å². The predicted octanol–water partition coefficient (Wildman–Crippen LogP) is 9.55. The Labute approximate surface area is 347 Å². The lowest BCUT2D eigenvalue weighted by Crippen LogP contribution is -2.29. The van der Waals surface area contributed by atoms with E-state index in [1.54, 1.807) is 10.6 Å². The van der Waals surface area contributed by atoms with Crippen LogP contribution >= 0.6 is 11.3 Å². The molecule has 0 aliphatic carbocycles. The van der Waals surface area contributed by atoms with Gasteiger partial charge in [-0.2, -0.15) is 0 Å². The van der Waals surface area contributed by atoms with E-state index in [0.717, 1.165) is 88.1 Å². The van der Waals surface area contributed by atoms with Crippen molar-refractivity contribution in [3.05, 3.63) is 106 Å². The fraction of sp³-hybridized carbons (Fsp3) is 0.447. The highest BCUT2D eigenvalue weighted by atomic mass is 32.1. The summed E-state index contributed by atoms with van der Waals surface area (Å²) in [5, 5.41) is 3.10. The number of fused-ring (bicyclic) bond motifs is 2. The van der Waals surface area contributed by atoms with E-state index in [1.165, 1.54) is 30.6 Å². The molecule has 4 aromatic rings. The second-order valence-electron chi connectivity index (χ2n) is 15.3. The van der Waals surface area contributed by atoms with Crippen molar-refractivity contribution >= 4 is 50.6 Å². The molecule has 0 saturated carbocycles. The van der Waals surface area contributed by atoms with Crippen LogP contribution in [0.5, 0.6) is 5.75 Å². The number of para-hydroxylation sites is 1. The first-order valence-electron chi connectivity index (χ1n) is 21.3. The van der Waals surface area contributed by atoms with Gasteiger partial charge in [0, 0.05) is 31.6 Å². The Kier molecular flexibility index (Phi) is 16.3. The first-order valence-corrected chi connectivity index (χ1v) is 22.1. The van der Waals surface area contributed by atoms with Crippen molar-refractivity contribution in [2.75, 3.05) is 50.0 Å². The number of nitrogens with two attached hydrogens (primary N) is 1. The number of carbonyl (C=O) groups excluding carboxylic acids is 2. The second-order valence-corrected chi connectivity index (χ2v) is 16.3. The minimum absolute atomic E-state index is 0.0558. The largest absolute Gasteiger partial charge is 0.490 e. The molecule has 0 radical (unpaired) electrons. The lowest BCUT2D eigenvalue weighted by atomic mass is 10.0. The minimum Gasteiger partial charge on any atom is -0.490 e. The summed E-state index contributed by atoms with van der Waals surface area (Å²) in [7, 11) is 0. The predicted molar refractivity (Wildman–Crippen MR) is 239 cm³/mol. The van der Waals surface area contributed by atoms with Crippen LogP contribution in [-0.4, -0.2) is 65.5 Å². The number of hydrogen-bond acceptors (Lipinski definition) is 9. The van der Waals surface area contributed by atoms with Crippen LogP contribution in [0.2, 0.25) is 0 Å². The number of carbonyl (C=O) groups is 2. The van der Waals surface area contributed by atoms with Gasteiger partial charge in [0.15, 0.2) is 11.6 Å². The van der Waals surface area contributed by atoms with Crippen LogP contribution < -0.4 is 26.2 Å². The monoisotopic (exact) mass is 804 g/mol. The maximum Gasteiger partial charge on any atom is 0.298 e. The Morgan fingerprint density at radius 2 is 1.69 bits per heavy atom. The summed E-state index contributed by atoms with van der Waals surface area (Å²) in [5.41, 5.74) is 8.83. The quantitative estimate of drug-likeness (QED) is 0.0458. The molecule has 1 fully saturated rings. The molecule has 308 valence electrons. The normalized spacial score (nSPS) is 15.9. The molecule has 2 aliphatic heterocycles. The molecule has 4 heterocycles. The molecule has 3 N–H and O–H groups in total. The number of Topliss-reactive ketones (excluding diaryl/α,β-unsaturated/α-hetero) is 1. The summed E-state index contributed by atoms with van der Waals surface area (Å²) >= 11 is 1.29. The van der Waals surface area contributed by atoms with Gasteiger partial charge in [-0.15, -0.1) is 11.3 Å².